The van der Waals surface area contributed by atoms with E-state index in [2.05, 4.69) is 12.5 Å². The molecule has 0 saturated heterocycles. The van der Waals surface area contributed by atoms with Crippen LogP contribution < -0.4 is 9.47 Å². The van der Waals surface area contributed by atoms with Crippen LogP contribution in [0.2, 0.25) is 0 Å². The normalized spacial score (nSPS) is 13.6. The SMILES string of the molecule is C#CCOCC(CO)(COCC(C)C=C)COC(c1ccccc1)(c1ccc(OC)cc1)c1ccc(OC)cc1. The van der Waals surface area contributed by atoms with Gasteiger partial charge < -0.3 is 28.8 Å². The predicted molar refractivity (Wildman–Crippen MR) is 158 cm³/mol. The fourth-order valence-electron chi connectivity index (χ4n) is 4.45. The molecule has 0 amide bonds. The molecule has 3 rings (SSSR count). The molecule has 3 aromatic rings. The van der Waals surface area contributed by atoms with Gasteiger partial charge in [0.05, 0.1) is 52.7 Å². The van der Waals surface area contributed by atoms with Crippen LogP contribution in [-0.2, 0) is 19.8 Å². The molecule has 0 saturated carbocycles. The second-order valence-electron chi connectivity index (χ2n) is 9.88. The first kappa shape index (κ1) is 30.9. The van der Waals surface area contributed by atoms with E-state index in [0.29, 0.717) is 6.61 Å². The van der Waals surface area contributed by atoms with Gasteiger partial charge >= 0.3 is 0 Å². The van der Waals surface area contributed by atoms with Crippen molar-refractivity contribution in [3.05, 3.63) is 108 Å². The summed E-state index contributed by atoms with van der Waals surface area (Å²) in [6, 6.07) is 25.6. The van der Waals surface area contributed by atoms with Gasteiger partial charge in [-0.2, -0.15) is 0 Å². The molecule has 40 heavy (non-hydrogen) atoms. The Morgan fingerprint density at radius 2 is 1.35 bits per heavy atom. The molecule has 0 aliphatic heterocycles. The minimum absolute atomic E-state index is 0.115. The van der Waals surface area contributed by atoms with Crippen LogP contribution in [-0.4, -0.2) is 59.0 Å². The third-order valence-electron chi connectivity index (χ3n) is 6.89. The first-order valence-electron chi connectivity index (χ1n) is 13.3. The summed E-state index contributed by atoms with van der Waals surface area (Å²) >= 11 is 0. The molecule has 0 fully saturated rings. The van der Waals surface area contributed by atoms with Crippen LogP contribution >= 0.6 is 0 Å². The fraction of sp³-hybridized carbons (Fsp3) is 0.353. The number of hydrogen-bond acceptors (Lipinski definition) is 6. The Bertz CT molecular complexity index is 1150. The van der Waals surface area contributed by atoms with Crippen molar-refractivity contribution < 1.29 is 28.8 Å². The number of rotatable bonds is 17. The lowest BCUT2D eigenvalue weighted by atomic mass is 9.79. The van der Waals surface area contributed by atoms with Crippen molar-refractivity contribution in [3.8, 4) is 23.8 Å². The van der Waals surface area contributed by atoms with Gasteiger partial charge in [0.15, 0.2) is 0 Å². The second kappa shape index (κ2) is 15.3. The summed E-state index contributed by atoms with van der Waals surface area (Å²) < 4.78 is 29.7. The minimum Gasteiger partial charge on any atom is -0.497 e. The van der Waals surface area contributed by atoms with Crippen molar-refractivity contribution in [2.75, 3.05) is 53.9 Å². The Morgan fingerprint density at radius 1 is 0.825 bits per heavy atom. The maximum Gasteiger partial charge on any atom is 0.143 e. The monoisotopic (exact) mass is 544 g/mol. The lowest BCUT2D eigenvalue weighted by Crippen LogP contribution is -2.45. The largest absolute Gasteiger partial charge is 0.497 e. The van der Waals surface area contributed by atoms with E-state index in [1.165, 1.54) is 0 Å². The maximum atomic E-state index is 10.7. The molecule has 2 unspecified atom stereocenters. The van der Waals surface area contributed by atoms with Crippen LogP contribution in [0.4, 0.5) is 0 Å². The van der Waals surface area contributed by atoms with E-state index in [0.717, 1.165) is 28.2 Å². The lowest BCUT2D eigenvalue weighted by molar-refractivity contribution is -0.118. The van der Waals surface area contributed by atoms with Gasteiger partial charge in [0, 0.05) is 0 Å². The number of terminal acetylenes is 1. The van der Waals surface area contributed by atoms with E-state index < -0.39 is 11.0 Å². The summed E-state index contributed by atoms with van der Waals surface area (Å²) in [4.78, 5) is 0. The summed E-state index contributed by atoms with van der Waals surface area (Å²) in [5.74, 6) is 4.12. The summed E-state index contributed by atoms with van der Waals surface area (Å²) in [6.07, 6.45) is 7.28. The lowest BCUT2D eigenvalue weighted by Gasteiger charge is -2.40. The van der Waals surface area contributed by atoms with Gasteiger partial charge in [-0.1, -0.05) is 73.5 Å². The number of methoxy groups -OCH3 is 2. The molecular weight excluding hydrogens is 504 g/mol. The van der Waals surface area contributed by atoms with Crippen molar-refractivity contribution in [1.29, 1.82) is 0 Å². The molecule has 6 heteroatoms. The van der Waals surface area contributed by atoms with Gasteiger partial charge in [-0.15, -0.1) is 13.0 Å². The van der Waals surface area contributed by atoms with Crippen molar-refractivity contribution in [2.45, 2.75) is 12.5 Å². The third kappa shape index (κ3) is 7.53. The van der Waals surface area contributed by atoms with Gasteiger partial charge in [-0.3, -0.25) is 0 Å². The smallest absolute Gasteiger partial charge is 0.143 e. The van der Waals surface area contributed by atoms with Crippen LogP contribution in [0.15, 0.2) is 91.5 Å². The molecule has 0 radical (unpaired) electrons. The number of benzene rings is 3. The first-order chi connectivity index (χ1) is 19.5. The number of aliphatic hydroxyl groups excluding tert-OH is 1. The summed E-state index contributed by atoms with van der Waals surface area (Å²) in [7, 11) is 3.27. The number of ether oxygens (including phenoxy) is 5. The Labute approximate surface area is 238 Å². The number of aliphatic hydroxyl groups is 1. The van der Waals surface area contributed by atoms with Crippen molar-refractivity contribution in [1.82, 2.24) is 0 Å². The van der Waals surface area contributed by atoms with E-state index in [1.54, 1.807) is 14.2 Å². The maximum absolute atomic E-state index is 10.7. The summed E-state index contributed by atoms with van der Waals surface area (Å²) in [5, 5.41) is 10.7. The van der Waals surface area contributed by atoms with E-state index in [1.807, 2.05) is 91.9 Å². The Hall–Kier alpha value is -3.60. The fourth-order valence-corrected chi connectivity index (χ4v) is 4.45. The highest BCUT2D eigenvalue weighted by Gasteiger charge is 2.42. The standard InChI is InChI=1S/C34H40O6/c1-6-21-38-24-33(23-35,25-39-22-27(3)7-2)26-40-34(28-11-9-8-10-12-28,29-13-17-31(36-4)18-14-29)30-15-19-32(37-5)20-16-30/h1,7-20,27,35H,2,21-26H2,3-5H3. The molecule has 0 aromatic heterocycles. The molecule has 0 aliphatic carbocycles. The highest BCUT2D eigenvalue weighted by Crippen LogP contribution is 2.43. The molecule has 212 valence electrons. The van der Waals surface area contributed by atoms with Gasteiger partial charge in [0.2, 0.25) is 0 Å². The van der Waals surface area contributed by atoms with Crippen LogP contribution in [0.5, 0.6) is 11.5 Å². The Balaban J connectivity index is 2.13. The zero-order valence-electron chi connectivity index (χ0n) is 23.7. The van der Waals surface area contributed by atoms with Crippen LogP contribution in [0.3, 0.4) is 0 Å². The van der Waals surface area contributed by atoms with Gasteiger partial charge in [-0.05, 0) is 46.9 Å². The minimum atomic E-state index is -1.04. The highest BCUT2D eigenvalue weighted by atomic mass is 16.5. The zero-order chi connectivity index (χ0) is 28.8. The molecule has 0 spiro atoms. The molecular formula is C34H40O6. The molecule has 6 nitrogen and oxygen atoms in total. The quantitative estimate of drug-likeness (QED) is 0.105. The zero-order valence-corrected chi connectivity index (χ0v) is 23.7. The van der Waals surface area contributed by atoms with Crippen LogP contribution in [0.25, 0.3) is 0 Å². The molecule has 3 aromatic carbocycles. The molecule has 0 bridgehead atoms. The third-order valence-corrected chi connectivity index (χ3v) is 6.89. The highest BCUT2D eigenvalue weighted by molar-refractivity contribution is 5.49. The van der Waals surface area contributed by atoms with Crippen LogP contribution in [0, 0.1) is 23.7 Å². The predicted octanol–water partition coefficient (Wildman–Crippen LogP) is 5.48. The second-order valence-corrected chi connectivity index (χ2v) is 9.88. The summed E-state index contributed by atoms with van der Waals surface area (Å²) in [5.41, 5.74) is 0.782. The number of hydrogen-bond donors (Lipinski definition) is 1. The first-order valence-corrected chi connectivity index (χ1v) is 13.3. The average molecular weight is 545 g/mol. The van der Waals surface area contributed by atoms with Crippen LogP contribution in [0.1, 0.15) is 23.6 Å². The van der Waals surface area contributed by atoms with Crippen molar-refractivity contribution in [2.24, 2.45) is 11.3 Å². The topological polar surface area (TPSA) is 66.4 Å². The van der Waals surface area contributed by atoms with Crippen molar-refractivity contribution >= 4 is 0 Å². The molecule has 0 aliphatic rings. The molecule has 2 atom stereocenters. The molecule has 0 heterocycles. The van der Waals surface area contributed by atoms with E-state index in [4.69, 9.17) is 30.1 Å². The van der Waals surface area contributed by atoms with E-state index in [9.17, 15) is 5.11 Å². The Morgan fingerprint density at radius 3 is 1.82 bits per heavy atom. The van der Waals surface area contributed by atoms with Gasteiger partial charge in [-0.25, -0.2) is 0 Å². The van der Waals surface area contributed by atoms with Gasteiger partial charge in [0.1, 0.15) is 23.7 Å². The van der Waals surface area contributed by atoms with E-state index >= 15 is 0 Å². The van der Waals surface area contributed by atoms with E-state index in [-0.39, 0.29) is 39.0 Å². The molecule has 1 N–H and O–H groups in total. The van der Waals surface area contributed by atoms with Crippen molar-refractivity contribution in [3.63, 3.8) is 0 Å². The Kier molecular flexibility index (Phi) is 11.8. The average Bonchev–Trinajstić information content (AvgIpc) is 3.02. The summed E-state index contributed by atoms with van der Waals surface area (Å²) in [6.45, 7) is 6.69. The van der Waals surface area contributed by atoms with Gasteiger partial charge in [0.25, 0.3) is 0 Å².